The third kappa shape index (κ3) is 4.94. The molecule has 0 bridgehead atoms. The Balaban J connectivity index is 1.46. The lowest BCUT2D eigenvalue weighted by Crippen LogP contribution is -2.49. The average Bonchev–Trinajstić information content (AvgIpc) is 3.29. The van der Waals surface area contributed by atoms with Gasteiger partial charge >= 0.3 is 0 Å². The third-order valence-corrected chi connectivity index (χ3v) is 9.58. The van der Waals surface area contributed by atoms with Gasteiger partial charge in [0.05, 0.1) is 24.7 Å². The fraction of sp³-hybridized carbons (Fsp3) is 0.269. The number of piperazine rings is 1. The molecule has 12 heteroatoms. The maximum atomic E-state index is 13.7. The summed E-state index contributed by atoms with van der Waals surface area (Å²) >= 11 is 1.35. The zero-order chi connectivity index (χ0) is 26.9. The SMILES string of the molecule is COc1ccc(Sc2c(N3CCN(S(=O)(=O)c4c(C)noc4C)CC3)cnn(-c3ccccc3)c2=O)cc1. The van der Waals surface area contributed by atoms with Crippen LogP contribution in [-0.4, -0.2) is 60.9 Å². The van der Waals surface area contributed by atoms with E-state index in [-0.39, 0.29) is 29.3 Å². The van der Waals surface area contributed by atoms with E-state index < -0.39 is 10.0 Å². The zero-order valence-corrected chi connectivity index (χ0v) is 22.8. The summed E-state index contributed by atoms with van der Waals surface area (Å²) in [5, 5.41) is 8.26. The number of ether oxygens (including phenoxy) is 1. The molecule has 2 aromatic carbocycles. The Bertz CT molecular complexity index is 1570. The summed E-state index contributed by atoms with van der Waals surface area (Å²) in [6.45, 7) is 4.51. The van der Waals surface area contributed by atoms with Crippen molar-refractivity contribution in [2.75, 3.05) is 38.2 Å². The van der Waals surface area contributed by atoms with Gasteiger partial charge in [0.25, 0.3) is 5.56 Å². The monoisotopic (exact) mass is 553 g/mol. The molecule has 5 rings (SSSR count). The van der Waals surface area contributed by atoms with E-state index in [4.69, 9.17) is 9.26 Å². The van der Waals surface area contributed by atoms with Crippen molar-refractivity contribution in [1.82, 2.24) is 19.2 Å². The van der Waals surface area contributed by atoms with Crippen LogP contribution in [0.1, 0.15) is 11.5 Å². The molecule has 10 nitrogen and oxygen atoms in total. The minimum atomic E-state index is -3.75. The second-order valence-electron chi connectivity index (χ2n) is 8.73. The van der Waals surface area contributed by atoms with Crippen molar-refractivity contribution in [3.05, 3.63) is 82.6 Å². The van der Waals surface area contributed by atoms with Crippen molar-refractivity contribution in [1.29, 1.82) is 0 Å². The van der Waals surface area contributed by atoms with Crippen LogP contribution < -0.4 is 15.2 Å². The first kappa shape index (κ1) is 26.0. The lowest BCUT2D eigenvalue weighted by molar-refractivity contribution is 0.378. The first-order valence-corrected chi connectivity index (χ1v) is 14.2. The number of aromatic nitrogens is 3. The number of anilines is 1. The molecule has 0 atom stereocenters. The van der Waals surface area contributed by atoms with E-state index in [0.717, 1.165) is 10.6 Å². The molecular weight excluding hydrogens is 526 g/mol. The summed E-state index contributed by atoms with van der Waals surface area (Å²) in [6, 6.07) is 16.7. The number of aryl methyl sites for hydroxylation is 2. The summed E-state index contributed by atoms with van der Waals surface area (Å²) in [7, 11) is -2.15. The van der Waals surface area contributed by atoms with Crippen LogP contribution in [0.5, 0.6) is 5.75 Å². The highest BCUT2D eigenvalue weighted by Crippen LogP contribution is 2.34. The number of benzene rings is 2. The second kappa shape index (κ2) is 10.6. The van der Waals surface area contributed by atoms with E-state index in [1.807, 2.05) is 59.5 Å². The summed E-state index contributed by atoms with van der Waals surface area (Å²) in [6.07, 6.45) is 1.68. The van der Waals surface area contributed by atoms with Gasteiger partial charge in [-0.25, -0.2) is 8.42 Å². The molecule has 2 aromatic heterocycles. The smallest absolute Gasteiger partial charge is 0.287 e. The molecule has 0 saturated carbocycles. The highest BCUT2D eigenvalue weighted by Gasteiger charge is 2.34. The molecule has 0 spiro atoms. The molecule has 0 aliphatic carbocycles. The standard InChI is InChI=1S/C26H27N5O5S2/c1-18-25(19(2)36-28-18)38(33,34)30-15-13-29(14-16-30)23-17-27-31(20-7-5-4-6-8-20)26(32)24(23)37-22-11-9-21(35-3)10-12-22/h4-12,17H,13-16H2,1-3H3. The van der Waals surface area contributed by atoms with Crippen molar-refractivity contribution >= 4 is 27.5 Å². The van der Waals surface area contributed by atoms with Crippen LogP contribution in [0.2, 0.25) is 0 Å². The van der Waals surface area contributed by atoms with Gasteiger partial charge in [-0.3, -0.25) is 4.79 Å². The number of hydrogen-bond acceptors (Lipinski definition) is 9. The van der Waals surface area contributed by atoms with Gasteiger partial charge in [-0.2, -0.15) is 14.1 Å². The number of nitrogens with zero attached hydrogens (tertiary/aromatic N) is 5. The van der Waals surface area contributed by atoms with Crippen molar-refractivity contribution in [2.24, 2.45) is 0 Å². The highest BCUT2D eigenvalue weighted by atomic mass is 32.2. The number of methoxy groups -OCH3 is 1. The molecule has 0 amide bonds. The normalized spacial score (nSPS) is 14.6. The van der Waals surface area contributed by atoms with Crippen molar-refractivity contribution < 1.29 is 17.7 Å². The lowest BCUT2D eigenvalue weighted by Gasteiger charge is -2.35. The van der Waals surface area contributed by atoms with E-state index >= 15 is 0 Å². The molecule has 1 saturated heterocycles. The fourth-order valence-corrected chi connectivity index (χ4v) is 7.09. The molecule has 1 aliphatic rings. The van der Waals surface area contributed by atoms with Crippen LogP contribution in [0.15, 0.2) is 84.8 Å². The van der Waals surface area contributed by atoms with Gasteiger partial charge in [0, 0.05) is 31.1 Å². The summed E-state index contributed by atoms with van der Waals surface area (Å²) < 4.78 is 39.7. The highest BCUT2D eigenvalue weighted by molar-refractivity contribution is 7.99. The van der Waals surface area contributed by atoms with Gasteiger partial charge in [-0.05, 0) is 50.2 Å². The maximum absolute atomic E-state index is 13.7. The van der Waals surface area contributed by atoms with E-state index in [2.05, 4.69) is 10.3 Å². The minimum absolute atomic E-state index is 0.119. The molecule has 198 valence electrons. The Labute approximate surface area is 224 Å². The Hall–Kier alpha value is -3.61. The van der Waals surface area contributed by atoms with Crippen LogP contribution in [-0.2, 0) is 10.0 Å². The zero-order valence-electron chi connectivity index (χ0n) is 21.2. The van der Waals surface area contributed by atoms with Crippen molar-refractivity contribution in [3.63, 3.8) is 0 Å². The first-order valence-electron chi connectivity index (χ1n) is 12.0. The fourth-order valence-electron chi connectivity index (χ4n) is 4.41. The molecule has 4 aromatic rings. The molecule has 0 unspecified atom stereocenters. The maximum Gasteiger partial charge on any atom is 0.287 e. The van der Waals surface area contributed by atoms with E-state index in [1.165, 1.54) is 20.7 Å². The Morgan fingerprint density at radius 1 is 0.974 bits per heavy atom. The predicted octanol–water partition coefficient (Wildman–Crippen LogP) is 3.51. The molecule has 0 radical (unpaired) electrons. The molecular formula is C26H27N5O5S2. The number of hydrogen-bond donors (Lipinski definition) is 0. The molecule has 38 heavy (non-hydrogen) atoms. The lowest BCUT2D eigenvalue weighted by atomic mass is 10.3. The molecule has 1 fully saturated rings. The molecule has 1 aliphatic heterocycles. The van der Waals surface area contributed by atoms with Gasteiger partial charge in [-0.15, -0.1) is 0 Å². The van der Waals surface area contributed by atoms with E-state index in [9.17, 15) is 13.2 Å². The van der Waals surface area contributed by atoms with Crippen LogP contribution in [0.3, 0.4) is 0 Å². The second-order valence-corrected chi connectivity index (χ2v) is 11.7. The number of sulfonamides is 1. The summed E-state index contributed by atoms with van der Waals surface area (Å²) in [4.78, 5) is 17.2. The topological polar surface area (TPSA) is 111 Å². The van der Waals surface area contributed by atoms with Crippen molar-refractivity contribution in [3.8, 4) is 11.4 Å². The van der Waals surface area contributed by atoms with Gasteiger partial charge in [0.15, 0.2) is 5.76 Å². The average molecular weight is 554 g/mol. The summed E-state index contributed by atoms with van der Waals surface area (Å²) in [5.41, 5.74) is 1.42. The van der Waals surface area contributed by atoms with Gasteiger partial charge in [0.2, 0.25) is 10.0 Å². The first-order chi connectivity index (χ1) is 18.3. The predicted molar refractivity (Wildman–Crippen MR) is 144 cm³/mol. The largest absolute Gasteiger partial charge is 0.497 e. The van der Waals surface area contributed by atoms with Gasteiger partial charge < -0.3 is 14.2 Å². The Kier molecular flexibility index (Phi) is 7.28. The van der Waals surface area contributed by atoms with E-state index in [0.29, 0.717) is 35.1 Å². The quantitative estimate of drug-likeness (QED) is 0.339. The van der Waals surface area contributed by atoms with E-state index in [1.54, 1.807) is 27.2 Å². The number of rotatable bonds is 7. The van der Waals surface area contributed by atoms with Crippen LogP contribution >= 0.6 is 11.8 Å². The minimum Gasteiger partial charge on any atom is -0.497 e. The van der Waals surface area contributed by atoms with Gasteiger partial charge in [0.1, 0.15) is 21.2 Å². The number of para-hydroxylation sites is 1. The Morgan fingerprint density at radius 3 is 2.26 bits per heavy atom. The van der Waals surface area contributed by atoms with Crippen molar-refractivity contribution in [2.45, 2.75) is 28.5 Å². The molecule has 0 N–H and O–H groups in total. The van der Waals surface area contributed by atoms with Crippen LogP contribution in [0.4, 0.5) is 5.69 Å². The van der Waals surface area contributed by atoms with Gasteiger partial charge in [-0.1, -0.05) is 35.1 Å². The van der Waals surface area contributed by atoms with Crippen LogP contribution in [0.25, 0.3) is 5.69 Å². The summed E-state index contributed by atoms with van der Waals surface area (Å²) in [5.74, 6) is 0.999. The van der Waals surface area contributed by atoms with Crippen LogP contribution in [0, 0.1) is 13.8 Å². The Morgan fingerprint density at radius 2 is 1.66 bits per heavy atom. The third-order valence-electron chi connectivity index (χ3n) is 6.34. The molecule has 3 heterocycles.